The zero-order chi connectivity index (χ0) is 17.9. The molecule has 0 fully saturated rings. The first-order chi connectivity index (χ1) is 12.8. The maximum absolute atomic E-state index is 12.4. The smallest absolute Gasteiger partial charge is 0.263 e. The van der Waals surface area contributed by atoms with Gasteiger partial charge < -0.3 is 10.1 Å². The van der Waals surface area contributed by atoms with Crippen LogP contribution in [-0.4, -0.2) is 31.8 Å². The van der Waals surface area contributed by atoms with Crippen molar-refractivity contribution in [3.63, 3.8) is 0 Å². The Morgan fingerprint density at radius 2 is 2.04 bits per heavy atom. The predicted octanol–water partition coefficient (Wildman–Crippen LogP) is 2.12. The molecule has 0 radical (unpaired) electrons. The minimum atomic E-state index is -0.252. The Morgan fingerprint density at radius 1 is 1.19 bits per heavy atom. The lowest BCUT2D eigenvalue weighted by molar-refractivity contribution is 0.409. The predicted molar refractivity (Wildman–Crippen MR) is 97.6 cm³/mol. The van der Waals surface area contributed by atoms with Gasteiger partial charge in [0, 0.05) is 24.5 Å². The standard InChI is InChI=1S/C18H16N6O2/c1-26-15-7-8-19-9-12(15)10-20-18-22-16-14(17(25)23-18)11-21-24(16)13-5-3-2-4-6-13/h2-9,11H,10H2,1H3,(H2,20,22,23,25). The van der Waals surface area contributed by atoms with Gasteiger partial charge in [-0.15, -0.1) is 0 Å². The lowest BCUT2D eigenvalue weighted by Crippen LogP contribution is -2.14. The van der Waals surface area contributed by atoms with Gasteiger partial charge in [-0.25, -0.2) is 4.68 Å². The minimum Gasteiger partial charge on any atom is -0.496 e. The highest BCUT2D eigenvalue weighted by Crippen LogP contribution is 2.18. The van der Waals surface area contributed by atoms with Crippen LogP contribution in [0.25, 0.3) is 16.7 Å². The highest BCUT2D eigenvalue weighted by atomic mass is 16.5. The molecule has 0 aliphatic rings. The quantitative estimate of drug-likeness (QED) is 0.573. The van der Waals surface area contributed by atoms with E-state index in [4.69, 9.17) is 4.74 Å². The molecule has 0 aliphatic heterocycles. The van der Waals surface area contributed by atoms with Crippen molar-refractivity contribution in [2.24, 2.45) is 0 Å². The summed E-state index contributed by atoms with van der Waals surface area (Å²) in [4.78, 5) is 23.7. The monoisotopic (exact) mass is 348 g/mol. The number of nitrogens with one attached hydrogen (secondary N) is 2. The third-order valence-corrected chi connectivity index (χ3v) is 3.96. The van der Waals surface area contributed by atoms with Gasteiger partial charge in [0.05, 0.1) is 19.0 Å². The normalized spacial score (nSPS) is 10.8. The first-order valence-corrected chi connectivity index (χ1v) is 8.00. The molecule has 0 aliphatic carbocycles. The largest absolute Gasteiger partial charge is 0.496 e. The highest BCUT2D eigenvalue weighted by molar-refractivity contribution is 5.76. The first-order valence-electron chi connectivity index (χ1n) is 8.00. The molecule has 0 spiro atoms. The zero-order valence-corrected chi connectivity index (χ0v) is 14.0. The van der Waals surface area contributed by atoms with Crippen LogP contribution in [0, 0.1) is 0 Å². The fourth-order valence-corrected chi connectivity index (χ4v) is 2.69. The second-order valence-corrected chi connectivity index (χ2v) is 5.58. The fraction of sp³-hybridized carbons (Fsp3) is 0.111. The van der Waals surface area contributed by atoms with E-state index in [1.165, 1.54) is 6.20 Å². The van der Waals surface area contributed by atoms with Crippen molar-refractivity contribution in [3.05, 3.63) is 70.9 Å². The van der Waals surface area contributed by atoms with Crippen LogP contribution in [0.2, 0.25) is 0 Å². The van der Waals surface area contributed by atoms with Crippen LogP contribution < -0.4 is 15.6 Å². The van der Waals surface area contributed by atoms with Crippen molar-refractivity contribution < 1.29 is 4.74 Å². The number of aromatic amines is 1. The summed E-state index contributed by atoms with van der Waals surface area (Å²) in [5.41, 5.74) is 1.92. The zero-order valence-electron chi connectivity index (χ0n) is 14.0. The molecule has 26 heavy (non-hydrogen) atoms. The van der Waals surface area contributed by atoms with Crippen LogP contribution in [0.4, 0.5) is 5.95 Å². The summed E-state index contributed by atoms with van der Waals surface area (Å²) in [7, 11) is 1.60. The summed E-state index contributed by atoms with van der Waals surface area (Å²) in [6.45, 7) is 0.408. The van der Waals surface area contributed by atoms with Crippen molar-refractivity contribution in [2.75, 3.05) is 12.4 Å². The number of H-pyrrole nitrogens is 1. The number of benzene rings is 1. The Kier molecular flexibility index (Phi) is 4.06. The van der Waals surface area contributed by atoms with Gasteiger partial charge in [0.25, 0.3) is 5.56 Å². The van der Waals surface area contributed by atoms with Gasteiger partial charge in [0.15, 0.2) is 5.65 Å². The summed E-state index contributed by atoms with van der Waals surface area (Å²) in [6, 6.07) is 11.3. The van der Waals surface area contributed by atoms with E-state index in [1.54, 1.807) is 30.3 Å². The van der Waals surface area contributed by atoms with E-state index in [0.717, 1.165) is 11.3 Å². The highest BCUT2D eigenvalue weighted by Gasteiger charge is 2.12. The van der Waals surface area contributed by atoms with Gasteiger partial charge in [0.1, 0.15) is 11.1 Å². The van der Waals surface area contributed by atoms with Crippen LogP contribution in [-0.2, 0) is 6.54 Å². The Morgan fingerprint density at radius 3 is 2.85 bits per heavy atom. The van der Waals surface area contributed by atoms with E-state index in [9.17, 15) is 4.79 Å². The molecule has 0 unspecified atom stereocenters. The minimum absolute atomic E-state index is 0.252. The maximum Gasteiger partial charge on any atom is 0.263 e. The SMILES string of the molecule is COc1ccncc1CNc1nc2c(cnn2-c2ccccc2)c(=O)[nH]1. The summed E-state index contributed by atoms with van der Waals surface area (Å²) in [5, 5.41) is 7.83. The van der Waals surface area contributed by atoms with E-state index < -0.39 is 0 Å². The maximum atomic E-state index is 12.4. The van der Waals surface area contributed by atoms with Crippen molar-refractivity contribution >= 4 is 17.0 Å². The summed E-state index contributed by atoms with van der Waals surface area (Å²) < 4.78 is 6.95. The number of aromatic nitrogens is 5. The van der Waals surface area contributed by atoms with Crippen LogP contribution in [0.5, 0.6) is 5.75 Å². The Labute approximate surface area is 148 Å². The van der Waals surface area contributed by atoms with Crippen LogP contribution in [0.1, 0.15) is 5.56 Å². The number of pyridine rings is 1. The van der Waals surface area contributed by atoms with Gasteiger partial charge in [-0.1, -0.05) is 18.2 Å². The fourth-order valence-electron chi connectivity index (χ4n) is 2.69. The topological polar surface area (TPSA) is 97.7 Å². The number of para-hydroxylation sites is 1. The lowest BCUT2D eigenvalue weighted by Gasteiger charge is -2.09. The molecule has 0 amide bonds. The summed E-state index contributed by atoms with van der Waals surface area (Å²) in [6.07, 6.45) is 4.88. The molecule has 2 N–H and O–H groups in total. The number of fused-ring (bicyclic) bond motifs is 1. The number of methoxy groups -OCH3 is 1. The third kappa shape index (κ3) is 2.88. The molecule has 3 aromatic heterocycles. The molecule has 0 bridgehead atoms. The van der Waals surface area contributed by atoms with E-state index in [1.807, 2.05) is 30.3 Å². The summed E-state index contributed by atoms with van der Waals surface area (Å²) >= 11 is 0. The van der Waals surface area contributed by atoms with Crippen molar-refractivity contribution in [3.8, 4) is 11.4 Å². The van der Waals surface area contributed by atoms with Gasteiger partial charge in [-0.2, -0.15) is 10.1 Å². The average Bonchev–Trinajstić information content (AvgIpc) is 3.12. The van der Waals surface area contributed by atoms with E-state index >= 15 is 0 Å². The number of hydrogen-bond donors (Lipinski definition) is 2. The van der Waals surface area contributed by atoms with Gasteiger partial charge in [0.2, 0.25) is 5.95 Å². The Bertz CT molecular complexity index is 1100. The molecular weight excluding hydrogens is 332 g/mol. The molecule has 3 heterocycles. The Hall–Kier alpha value is -3.68. The molecule has 8 heteroatoms. The number of nitrogens with zero attached hydrogens (tertiary/aromatic N) is 4. The van der Waals surface area contributed by atoms with Crippen molar-refractivity contribution in [1.29, 1.82) is 0 Å². The summed E-state index contributed by atoms with van der Waals surface area (Å²) in [5.74, 6) is 1.07. The average molecular weight is 348 g/mol. The second kappa shape index (κ2) is 6.67. The third-order valence-electron chi connectivity index (χ3n) is 3.96. The molecule has 0 atom stereocenters. The van der Waals surface area contributed by atoms with Crippen LogP contribution >= 0.6 is 0 Å². The van der Waals surface area contributed by atoms with Crippen molar-refractivity contribution in [2.45, 2.75) is 6.54 Å². The molecule has 4 rings (SSSR count). The number of ether oxygens (including phenoxy) is 1. The lowest BCUT2D eigenvalue weighted by atomic mass is 10.2. The Balaban J connectivity index is 1.69. The van der Waals surface area contributed by atoms with Gasteiger partial charge >= 0.3 is 0 Å². The van der Waals surface area contributed by atoms with Gasteiger partial charge in [-0.05, 0) is 18.2 Å². The molecule has 4 aromatic rings. The van der Waals surface area contributed by atoms with Gasteiger partial charge in [-0.3, -0.25) is 14.8 Å². The number of anilines is 1. The van der Waals surface area contributed by atoms with Crippen LogP contribution in [0.3, 0.4) is 0 Å². The molecule has 1 aromatic carbocycles. The van der Waals surface area contributed by atoms with Crippen molar-refractivity contribution in [1.82, 2.24) is 24.7 Å². The number of rotatable bonds is 5. The van der Waals surface area contributed by atoms with E-state index in [2.05, 4.69) is 25.4 Å². The molecular formula is C18H16N6O2. The number of hydrogen-bond acceptors (Lipinski definition) is 6. The van der Waals surface area contributed by atoms with E-state index in [0.29, 0.717) is 29.3 Å². The molecule has 0 saturated heterocycles. The first kappa shape index (κ1) is 15.8. The molecule has 8 nitrogen and oxygen atoms in total. The van der Waals surface area contributed by atoms with Crippen LogP contribution in [0.15, 0.2) is 59.8 Å². The molecule has 0 saturated carbocycles. The molecule has 130 valence electrons. The second-order valence-electron chi connectivity index (χ2n) is 5.58. The van der Waals surface area contributed by atoms with E-state index in [-0.39, 0.29) is 5.56 Å².